The van der Waals surface area contributed by atoms with E-state index < -0.39 is 0 Å². The number of fused-ring (bicyclic) bond motifs is 3. The first kappa shape index (κ1) is 15.3. The quantitative estimate of drug-likeness (QED) is 0.610. The molecule has 1 aliphatic heterocycles. The minimum Gasteiger partial charge on any atom is -0.490 e. The minimum absolute atomic E-state index is 0.211. The summed E-state index contributed by atoms with van der Waals surface area (Å²) in [6.07, 6.45) is 4.44. The minimum atomic E-state index is -0.211. The number of hydrogen-bond donors (Lipinski definition) is 2. The highest BCUT2D eigenvalue weighted by molar-refractivity contribution is 5.85. The summed E-state index contributed by atoms with van der Waals surface area (Å²) >= 11 is 0. The van der Waals surface area contributed by atoms with Crippen molar-refractivity contribution >= 4 is 16.9 Å². The van der Waals surface area contributed by atoms with Crippen molar-refractivity contribution in [3.05, 3.63) is 58.5 Å². The van der Waals surface area contributed by atoms with Crippen molar-refractivity contribution in [2.24, 2.45) is 0 Å². The zero-order valence-electron chi connectivity index (χ0n) is 13.6. The van der Waals surface area contributed by atoms with Gasteiger partial charge in [0.05, 0.1) is 5.52 Å². The van der Waals surface area contributed by atoms with Crippen molar-refractivity contribution in [2.45, 2.75) is 13.0 Å². The van der Waals surface area contributed by atoms with E-state index in [-0.39, 0.29) is 11.5 Å². The molecule has 0 saturated carbocycles. The van der Waals surface area contributed by atoms with Gasteiger partial charge in [-0.05, 0) is 36.3 Å². The number of ether oxygens (including phenoxy) is 2. The molecule has 3 aromatic rings. The van der Waals surface area contributed by atoms with Gasteiger partial charge in [0.15, 0.2) is 5.82 Å². The lowest BCUT2D eigenvalue weighted by atomic mass is 10.1. The van der Waals surface area contributed by atoms with E-state index in [4.69, 9.17) is 15.2 Å². The van der Waals surface area contributed by atoms with E-state index in [2.05, 4.69) is 9.97 Å². The predicted octanol–water partition coefficient (Wildman–Crippen LogP) is 1.88. The third-order valence-electron chi connectivity index (χ3n) is 4.13. The number of aryl methyl sites for hydroxylation is 2. The smallest absolute Gasteiger partial charge is 0.326 e. The molecule has 25 heavy (non-hydrogen) atoms. The van der Waals surface area contributed by atoms with Gasteiger partial charge in [0.1, 0.15) is 24.5 Å². The Hall–Kier alpha value is -3.22. The number of aromatic amines is 1. The summed E-state index contributed by atoms with van der Waals surface area (Å²) in [5.41, 5.74) is 8.09. The average molecular weight is 338 g/mol. The van der Waals surface area contributed by atoms with Crippen LogP contribution in [-0.2, 0) is 13.0 Å². The summed E-state index contributed by atoms with van der Waals surface area (Å²) in [5.74, 6) is 1.44. The van der Waals surface area contributed by atoms with Crippen LogP contribution in [0, 0.1) is 0 Å². The molecule has 1 aromatic carbocycles. The monoisotopic (exact) mass is 338 g/mol. The molecule has 3 heterocycles. The molecule has 7 heteroatoms. The Morgan fingerprint density at radius 3 is 2.88 bits per heavy atom. The lowest BCUT2D eigenvalue weighted by molar-refractivity contribution is 0.342. The largest absolute Gasteiger partial charge is 0.490 e. The Bertz CT molecular complexity index is 1000. The number of hydrogen-bond acceptors (Lipinski definition) is 5. The van der Waals surface area contributed by atoms with Crippen molar-refractivity contribution in [3.8, 4) is 11.6 Å². The van der Waals surface area contributed by atoms with E-state index in [0.717, 1.165) is 11.3 Å². The number of nitrogens with zero attached hydrogens (tertiary/aromatic N) is 2. The SMILES string of the molecule is Nc1nc2cc3c1[nH]c(=O)n3CCc1cccc(c1)OCC=CCO2. The van der Waals surface area contributed by atoms with E-state index in [0.29, 0.717) is 43.1 Å². The van der Waals surface area contributed by atoms with Crippen LogP contribution in [-0.4, -0.2) is 27.7 Å². The van der Waals surface area contributed by atoms with E-state index in [1.807, 2.05) is 36.4 Å². The van der Waals surface area contributed by atoms with Gasteiger partial charge in [0.25, 0.3) is 0 Å². The van der Waals surface area contributed by atoms with Crippen LogP contribution in [0.1, 0.15) is 5.56 Å². The number of aromatic nitrogens is 3. The first-order valence-electron chi connectivity index (χ1n) is 8.09. The van der Waals surface area contributed by atoms with Gasteiger partial charge in [0, 0.05) is 12.6 Å². The Kier molecular flexibility index (Phi) is 3.89. The second kappa shape index (κ2) is 6.35. The number of rotatable bonds is 0. The zero-order chi connectivity index (χ0) is 17.2. The third-order valence-corrected chi connectivity index (χ3v) is 4.13. The van der Waals surface area contributed by atoms with E-state index >= 15 is 0 Å². The summed E-state index contributed by atoms with van der Waals surface area (Å²) in [6, 6.07) is 9.62. The molecule has 0 radical (unpaired) electrons. The topological polar surface area (TPSA) is 95.2 Å². The highest BCUT2D eigenvalue weighted by atomic mass is 16.5. The van der Waals surface area contributed by atoms with Crippen LogP contribution in [0.25, 0.3) is 11.0 Å². The highest BCUT2D eigenvalue weighted by Crippen LogP contribution is 2.22. The lowest BCUT2D eigenvalue weighted by Crippen LogP contribution is -2.17. The summed E-state index contributed by atoms with van der Waals surface area (Å²) in [6.45, 7) is 1.32. The summed E-state index contributed by atoms with van der Waals surface area (Å²) in [4.78, 5) is 19.3. The summed E-state index contributed by atoms with van der Waals surface area (Å²) in [7, 11) is 0. The lowest BCUT2D eigenvalue weighted by Gasteiger charge is -2.08. The predicted molar refractivity (Wildman–Crippen MR) is 95.0 cm³/mol. The molecule has 0 atom stereocenters. The maximum atomic E-state index is 12.3. The molecule has 0 amide bonds. The molecule has 7 nitrogen and oxygen atoms in total. The number of nitrogens with one attached hydrogen (secondary N) is 1. The van der Waals surface area contributed by atoms with Gasteiger partial charge in [0.2, 0.25) is 5.88 Å². The van der Waals surface area contributed by atoms with Crippen molar-refractivity contribution in [3.63, 3.8) is 0 Å². The van der Waals surface area contributed by atoms with E-state index in [1.54, 1.807) is 10.6 Å². The van der Waals surface area contributed by atoms with Gasteiger partial charge in [-0.25, -0.2) is 4.79 Å². The molecule has 128 valence electrons. The molecule has 0 saturated heterocycles. The summed E-state index contributed by atoms with van der Waals surface area (Å²) < 4.78 is 13.0. The van der Waals surface area contributed by atoms with E-state index in [1.165, 1.54) is 0 Å². The van der Waals surface area contributed by atoms with Crippen LogP contribution in [0.2, 0.25) is 0 Å². The molecular formula is C18H18N4O3. The second-order valence-corrected chi connectivity index (χ2v) is 5.81. The molecule has 0 spiro atoms. The first-order valence-corrected chi connectivity index (χ1v) is 8.09. The van der Waals surface area contributed by atoms with Crippen LogP contribution < -0.4 is 20.9 Å². The molecular weight excluding hydrogens is 320 g/mol. The maximum absolute atomic E-state index is 12.3. The number of H-pyrrole nitrogens is 1. The van der Waals surface area contributed by atoms with Crippen molar-refractivity contribution < 1.29 is 9.47 Å². The van der Waals surface area contributed by atoms with Crippen LogP contribution >= 0.6 is 0 Å². The van der Waals surface area contributed by atoms with Gasteiger partial charge in [-0.15, -0.1) is 0 Å². The normalized spacial score (nSPS) is 14.6. The van der Waals surface area contributed by atoms with Gasteiger partial charge in [-0.2, -0.15) is 4.98 Å². The van der Waals surface area contributed by atoms with Crippen LogP contribution in [0.4, 0.5) is 5.82 Å². The Morgan fingerprint density at radius 2 is 2.00 bits per heavy atom. The first-order chi connectivity index (χ1) is 12.2. The molecule has 2 aromatic heterocycles. The number of benzene rings is 1. The van der Waals surface area contributed by atoms with Crippen molar-refractivity contribution in [1.82, 2.24) is 14.5 Å². The average Bonchev–Trinajstić information content (AvgIpc) is 2.92. The van der Waals surface area contributed by atoms with E-state index in [9.17, 15) is 4.79 Å². The number of anilines is 1. The van der Waals surface area contributed by atoms with Gasteiger partial charge in [-0.3, -0.25) is 4.57 Å². The van der Waals surface area contributed by atoms with Crippen LogP contribution in [0.5, 0.6) is 11.6 Å². The van der Waals surface area contributed by atoms with Crippen LogP contribution in [0.3, 0.4) is 0 Å². The summed E-state index contributed by atoms with van der Waals surface area (Å²) in [5, 5.41) is 0. The highest BCUT2D eigenvalue weighted by Gasteiger charge is 2.13. The Labute approximate surface area is 143 Å². The van der Waals surface area contributed by atoms with Gasteiger partial charge >= 0.3 is 5.69 Å². The van der Waals surface area contributed by atoms with Crippen LogP contribution in [0.15, 0.2) is 47.3 Å². The fraction of sp³-hybridized carbons (Fsp3) is 0.222. The molecule has 0 fully saturated rings. The third kappa shape index (κ3) is 3.08. The molecule has 1 aliphatic rings. The number of nitrogens with two attached hydrogens (primary N) is 1. The fourth-order valence-corrected chi connectivity index (χ4v) is 2.89. The number of imidazole rings is 1. The number of nitrogen functional groups attached to an aromatic ring is 1. The standard InChI is InChI=1S/C18H18N4O3/c19-17-16-14-11-15(20-17)25-9-2-1-8-24-13-5-3-4-12(10-13)6-7-22(14)18(23)21-16/h1-5,10-11H,6-9H2,(H2,19,20)(H,21,23). The Balaban J connectivity index is 1.79. The second-order valence-electron chi connectivity index (χ2n) is 5.81. The maximum Gasteiger partial charge on any atom is 0.326 e. The fourth-order valence-electron chi connectivity index (χ4n) is 2.89. The molecule has 0 unspecified atom stereocenters. The molecule has 0 aliphatic carbocycles. The molecule has 3 N–H and O–H groups in total. The zero-order valence-corrected chi connectivity index (χ0v) is 13.6. The van der Waals surface area contributed by atoms with Crippen molar-refractivity contribution in [2.75, 3.05) is 18.9 Å². The Morgan fingerprint density at radius 1 is 1.16 bits per heavy atom. The molecule has 4 bridgehead atoms. The number of pyridine rings is 1. The van der Waals surface area contributed by atoms with Gasteiger partial charge < -0.3 is 20.2 Å². The van der Waals surface area contributed by atoms with Crippen molar-refractivity contribution in [1.29, 1.82) is 0 Å². The van der Waals surface area contributed by atoms with Gasteiger partial charge in [-0.1, -0.05) is 12.1 Å². The molecule has 4 rings (SSSR count).